The van der Waals surface area contributed by atoms with Gasteiger partial charge in [0.15, 0.2) is 0 Å². The normalized spacial score (nSPS) is 22.1. The molecule has 1 amide bonds. The summed E-state index contributed by atoms with van der Waals surface area (Å²) in [5, 5.41) is 0. The monoisotopic (exact) mass is 359 g/mol. The summed E-state index contributed by atoms with van der Waals surface area (Å²) in [6.07, 6.45) is 10.4. The Labute approximate surface area is 157 Å². The van der Waals surface area contributed by atoms with Crippen molar-refractivity contribution < 1.29 is 4.79 Å². The summed E-state index contributed by atoms with van der Waals surface area (Å²) in [6, 6.07) is 0.322. The lowest BCUT2D eigenvalue weighted by molar-refractivity contribution is 0.0545. The molecule has 144 valence electrons. The zero-order valence-corrected chi connectivity index (χ0v) is 16.6. The average Bonchev–Trinajstić information content (AvgIpc) is 2.90. The van der Waals surface area contributed by atoms with Gasteiger partial charge in [-0.25, -0.2) is 9.97 Å². The molecule has 2 fully saturated rings. The van der Waals surface area contributed by atoms with E-state index in [-0.39, 0.29) is 5.91 Å². The number of carbonyl (C=O) groups is 1. The summed E-state index contributed by atoms with van der Waals surface area (Å²) in [5.41, 5.74) is 1.42. The molecule has 1 aromatic heterocycles. The van der Waals surface area contributed by atoms with E-state index in [1.54, 1.807) is 6.20 Å². The van der Waals surface area contributed by atoms with Crippen LogP contribution in [-0.4, -0.2) is 72.0 Å². The molecule has 1 atom stereocenters. The minimum absolute atomic E-state index is 0.104. The molecule has 1 unspecified atom stereocenters. The standard InChI is InChI=1S/C20H33N5O/c1-16-18(14-21-20(22-16)23(2)3)19(26)25-13-9-6-10-17(25)15-24-11-7-4-5-8-12-24/h14,17H,4-13,15H2,1-3H3. The maximum Gasteiger partial charge on any atom is 0.257 e. The lowest BCUT2D eigenvalue weighted by atomic mass is 10.00. The third-order valence-electron chi connectivity index (χ3n) is 5.65. The molecule has 2 aliphatic heterocycles. The average molecular weight is 360 g/mol. The lowest BCUT2D eigenvalue weighted by Gasteiger charge is -2.38. The maximum absolute atomic E-state index is 13.2. The molecule has 6 nitrogen and oxygen atoms in total. The highest BCUT2D eigenvalue weighted by atomic mass is 16.2. The van der Waals surface area contributed by atoms with Gasteiger partial charge in [0, 0.05) is 39.4 Å². The number of amides is 1. The molecular weight excluding hydrogens is 326 g/mol. The minimum atomic E-state index is 0.104. The molecule has 0 aliphatic carbocycles. The Morgan fingerprint density at radius 2 is 1.81 bits per heavy atom. The Morgan fingerprint density at radius 1 is 1.12 bits per heavy atom. The Kier molecular flexibility index (Phi) is 6.46. The first-order valence-corrected chi connectivity index (χ1v) is 10.1. The predicted octanol–water partition coefficient (Wildman–Crippen LogP) is 2.72. The van der Waals surface area contributed by atoms with Crippen LogP contribution in [0.5, 0.6) is 0 Å². The molecule has 1 aromatic rings. The van der Waals surface area contributed by atoms with Crippen LogP contribution < -0.4 is 4.90 Å². The maximum atomic E-state index is 13.2. The predicted molar refractivity (Wildman–Crippen MR) is 105 cm³/mol. The zero-order chi connectivity index (χ0) is 18.5. The molecule has 3 heterocycles. The molecule has 3 rings (SSSR count). The second kappa shape index (κ2) is 8.80. The first kappa shape index (κ1) is 19.1. The fraction of sp³-hybridized carbons (Fsp3) is 0.750. The molecule has 0 saturated carbocycles. The second-order valence-electron chi connectivity index (χ2n) is 7.93. The molecule has 2 saturated heterocycles. The summed E-state index contributed by atoms with van der Waals surface area (Å²) in [7, 11) is 3.83. The second-order valence-corrected chi connectivity index (χ2v) is 7.93. The topological polar surface area (TPSA) is 52.6 Å². The van der Waals surface area contributed by atoms with Gasteiger partial charge in [0.05, 0.1) is 11.3 Å². The van der Waals surface area contributed by atoms with E-state index >= 15 is 0 Å². The van der Waals surface area contributed by atoms with Gasteiger partial charge in [0.2, 0.25) is 5.95 Å². The van der Waals surface area contributed by atoms with Gasteiger partial charge in [0.25, 0.3) is 5.91 Å². The van der Waals surface area contributed by atoms with E-state index in [1.165, 1.54) is 45.2 Å². The number of anilines is 1. The van der Waals surface area contributed by atoms with Gasteiger partial charge in [-0.2, -0.15) is 0 Å². The van der Waals surface area contributed by atoms with E-state index in [2.05, 4.69) is 19.8 Å². The van der Waals surface area contributed by atoms with Crippen molar-refractivity contribution in [2.45, 2.75) is 57.9 Å². The van der Waals surface area contributed by atoms with Crippen LogP contribution in [0, 0.1) is 6.92 Å². The quantitative estimate of drug-likeness (QED) is 0.827. The number of hydrogen-bond acceptors (Lipinski definition) is 5. The minimum Gasteiger partial charge on any atom is -0.347 e. The van der Waals surface area contributed by atoms with Crippen molar-refractivity contribution in [1.29, 1.82) is 0 Å². The van der Waals surface area contributed by atoms with Crippen molar-refractivity contribution in [3.8, 4) is 0 Å². The van der Waals surface area contributed by atoms with Gasteiger partial charge in [-0.05, 0) is 52.1 Å². The lowest BCUT2D eigenvalue weighted by Crippen LogP contribution is -2.49. The van der Waals surface area contributed by atoms with Crippen molar-refractivity contribution in [2.75, 3.05) is 45.2 Å². The van der Waals surface area contributed by atoms with Gasteiger partial charge >= 0.3 is 0 Å². The molecule has 0 bridgehead atoms. The fourth-order valence-electron chi connectivity index (χ4n) is 4.11. The summed E-state index contributed by atoms with van der Waals surface area (Å²) in [4.78, 5) is 28.6. The molecule has 0 radical (unpaired) electrons. The Hall–Kier alpha value is -1.69. The van der Waals surface area contributed by atoms with Crippen LogP contribution in [0.25, 0.3) is 0 Å². The number of rotatable bonds is 4. The number of piperidine rings is 1. The summed E-state index contributed by atoms with van der Waals surface area (Å²) in [6.45, 7) is 6.14. The highest BCUT2D eigenvalue weighted by Gasteiger charge is 2.30. The van der Waals surface area contributed by atoms with Crippen LogP contribution in [0.4, 0.5) is 5.95 Å². The van der Waals surface area contributed by atoms with Gasteiger partial charge < -0.3 is 14.7 Å². The van der Waals surface area contributed by atoms with Crippen molar-refractivity contribution in [3.05, 3.63) is 17.5 Å². The highest BCUT2D eigenvalue weighted by Crippen LogP contribution is 2.23. The van der Waals surface area contributed by atoms with Gasteiger partial charge in [0.1, 0.15) is 0 Å². The van der Waals surface area contributed by atoms with Crippen molar-refractivity contribution >= 4 is 11.9 Å². The Balaban J connectivity index is 1.73. The number of aromatic nitrogens is 2. The molecule has 0 spiro atoms. The van der Waals surface area contributed by atoms with Crippen LogP contribution >= 0.6 is 0 Å². The number of likely N-dealkylation sites (tertiary alicyclic amines) is 2. The van der Waals surface area contributed by atoms with Crippen LogP contribution in [0.15, 0.2) is 6.20 Å². The third-order valence-corrected chi connectivity index (χ3v) is 5.65. The molecule has 6 heteroatoms. The van der Waals surface area contributed by atoms with Gasteiger partial charge in [-0.3, -0.25) is 4.79 Å². The smallest absolute Gasteiger partial charge is 0.257 e. The van der Waals surface area contributed by atoms with E-state index in [4.69, 9.17) is 0 Å². The number of nitrogens with zero attached hydrogens (tertiary/aromatic N) is 5. The molecule has 26 heavy (non-hydrogen) atoms. The van der Waals surface area contributed by atoms with Crippen LogP contribution in [0.2, 0.25) is 0 Å². The van der Waals surface area contributed by atoms with Gasteiger partial charge in [-0.15, -0.1) is 0 Å². The number of carbonyl (C=O) groups excluding carboxylic acids is 1. The van der Waals surface area contributed by atoms with Crippen LogP contribution in [0.3, 0.4) is 0 Å². The van der Waals surface area contributed by atoms with E-state index in [0.717, 1.165) is 31.6 Å². The van der Waals surface area contributed by atoms with Crippen molar-refractivity contribution in [2.24, 2.45) is 0 Å². The van der Waals surface area contributed by atoms with E-state index < -0.39 is 0 Å². The highest BCUT2D eigenvalue weighted by molar-refractivity contribution is 5.95. The van der Waals surface area contributed by atoms with Gasteiger partial charge in [-0.1, -0.05) is 12.8 Å². The van der Waals surface area contributed by atoms with E-state index in [0.29, 0.717) is 17.6 Å². The van der Waals surface area contributed by atoms with Crippen LogP contribution in [-0.2, 0) is 0 Å². The summed E-state index contributed by atoms with van der Waals surface area (Å²) >= 11 is 0. The molecular formula is C20H33N5O. The SMILES string of the molecule is Cc1nc(N(C)C)ncc1C(=O)N1CCCCC1CN1CCCCCC1. The fourth-order valence-corrected chi connectivity index (χ4v) is 4.11. The largest absolute Gasteiger partial charge is 0.347 e. The third kappa shape index (κ3) is 4.53. The first-order valence-electron chi connectivity index (χ1n) is 10.1. The summed E-state index contributed by atoms with van der Waals surface area (Å²) < 4.78 is 0. The molecule has 0 N–H and O–H groups in total. The summed E-state index contributed by atoms with van der Waals surface area (Å²) in [5.74, 6) is 0.756. The van der Waals surface area contributed by atoms with Crippen molar-refractivity contribution in [1.82, 2.24) is 19.8 Å². The molecule has 2 aliphatic rings. The van der Waals surface area contributed by atoms with E-state index in [9.17, 15) is 4.79 Å². The number of aryl methyl sites for hydroxylation is 1. The Bertz CT molecular complexity index is 610. The Morgan fingerprint density at radius 3 is 2.46 bits per heavy atom. The van der Waals surface area contributed by atoms with Crippen LogP contribution in [0.1, 0.15) is 61.0 Å². The first-order chi connectivity index (χ1) is 12.6. The number of hydrogen-bond donors (Lipinski definition) is 0. The zero-order valence-electron chi connectivity index (χ0n) is 16.6. The van der Waals surface area contributed by atoms with E-state index in [1.807, 2.05) is 25.9 Å². The van der Waals surface area contributed by atoms with Crippen molar-refractivity contribution in [3.63, 3.8) is 0 Å². The molecule has 0 aromatic carbocycles.